The summed E-state index contributed by atoms with van der Waals surface area (Å²) in [5, 5.41) is 0. The molecule has 0 unspecified atom stereocenters. The van der Waals surface area contributed by atoms with Crippen LogP contribution in [0, 0.1) is 5.92 Å². The van der Waals surface area contributed by atoms with E-state index in [2.05, 4.69) is 0 Å². The number of anilines is 1. The summed E-state index contributed by atoms with van der Waals surface area (Å²) in [6.45, 7) is 8.84. The van der Waals surface area contributed by atoms with Gasteiger partial charge in [-0.2, -0.15) is 0 Å². The first-order valence-electron chi connectivity index (χ1n) is 13.7. The monoisotopic (exact) mass is 561 g/mol. The Labute approximate surface area is 242 Å². The zero-order valence-electron chi connectivity index (χ0n) is 24.5. The zero-order valence-corrected chi connectivity index (χ0v) is 24.5. The second kappa shape index (κ2) is 14.3. The molecule has 0 aliphatic heterocycles. The van der Waals surface area contributed by atoms with E-state index < -0.39 is 41.5 Å². The second-order valence-electron chi connectivity index (χ2n) is 10.3. The largest absolute Gasteiger partial charge is 0.497 e. The molecule has 0 aliphatic rings. The molecule has 3 aromatic rings. The Kier molecular flexibility index (Phi) is 10.9. The number of hydrogen-bond donors (Lipinski definition) is 0. The predicted molar refractivity (Wildman–Crippen MR) is 157 cm³/mol. The Hall–Kier alpha value is -4.33. The van der Waals surface area contributed by atoms with Crippen LogP contribution in [-0.2, 0) is 23.8 Å². The summed E-state index contributed by atoms with van der Waals surface area (Å²) < 4.78 is 22.1. The molecule has 8 nitrogen and oxygen atoms in total. The molecule has 0 fully saturated rings. The maximum atomic E-state index is 14.1. The van der Waals surface area contributed by atoms with Gasteiger partial charge in [0.05, 0.1) is 26.4 Å². The molecule has 2 atom stereocenters. The SMILES string of the molecule is CCOC(=O)C(C(=O)OCC)[C@H](c1ccccc1)[C@@H](c1ccccc1)N(C(=O)OC(C)(C)C)c1ccc(OC)cc1. The maximum absolute atomic E-state index is 14.1. The van der Waals surface area contributed by atoms with Gasteiger partial charge >= 0.3 is 18.0 Å². The van der Waals surface area contributed by atoms with Crippen molar-refractivity contribution in [3.05, 3.63) is 96.1 Å². The Balaban J connectivity index is 2.39. The van der Waals surface area contributed by atoms with Gasteiger partial charge in [0.15, 0.2) is 5.92 Å². The van der Waals surface area contributed by atoms with Crippen molar-refractivity contribution >= 4 is 23.7 Å². The van der Waals surface area contributed by atoms with E-state index in [9.17, 15) is 14.4 Å². The molecular weight excluding hydrogens is 522 g/mol. The smallest absolute Gasteiger partial charge is 0.415 e. The predicted octanol–water partition coefficient (Wildman–Crippen LogP) is 6.70. The second-order valence-corrected chi connectivity index (χ2v) is 10.3. The molecule has 0 aliphatic carbocycles. The average Bonchev–Trinajstić information content (AvgIpc) is 2.95. The quantitative estimate of drug-likeness (QED) is 0.146. The number of hydrogen-bond acceptors (Lipinski definition) is 7. The number of carbonyl (C=O) groups excluding carboxylic acids is 3. The van der Waals surface area contributed by atoms with Crippen LogP contribution in [0.2, 0.25) is 0 Å². The number of ether oxygens (including phenoxy) is 4. The zero-order chi connectivity index (χ0) is 30.0. The summed E-state index contributed by atoms with van der Waals surface area (Å²) in [7, 11) is 1.56. The number of methoxy groups -OCH3 is 1. The highest BCUT2D eigenvalue weighted by Crippen LogP contribution is 2.45. The lowest BCUT2D eigenvalue weighted by Gasteiger charge is -2.40. The molecule has 3 aromatic carbocycles. The number of carbonyl (C=O) groups is 3. The van der Waals surface area contributed by atoms with Gasteiger partial charge in [-0.3, -0.25) is 14.5 Å². The molecule has 0 saturated heterocycles. The molecule has 0 bridgehead atoms. The van der Waals surface area contributed by atoms with Crippen molar-refractivity contribution in [3.8, 4) is 5.75 Å². The van der Waals surface area contributed by atoms with Gasteiger partial charge in [0, 0.05) is 11.6 Å². The van der Waals surface area contributed by atoms with Gasteiger partial charge in [-0.15, -0.1) is 0 Å². The van der Waals surface area contributed by atoms with E-state index in [1.165, 1.54) is 4.90 Å². The molecule has 0 saturated carbocycles. The Morgan fingerprint density at radius 2 is 1.22 bits per heavy atom. The van der Waals surface area contributed by atoms with Gasteiger partial charge in [0.2, 0.25) is 0 Å². The Morgan fingerprint density at radius 3 is 1.66 bits per heavy atom. The molecule has 0 heterocycles. The van der Waals surface area contributed by atoms with Crippen LogP contribution in [0.1, 0.15) is 57.7 Å². The lowest BCUT2D eigenvalue weighted by Crippen LogP contribution is -2.46. The summed E-state index contributed by atoms with van der Waals surface area (Å²) in [5.74, 6) is -3.17. The highest BCUT2D eigenvalue weighted by molar-refractivity contribution is 5.97. The molecule has 0 spiro atoms. The summed E-state index contributed by atoms with van der Waals surface area (Å²) in [4.78, 5) is 42.8. The number of esters is 2. The first-order chi connectivity index (χ1) is 19.6. The molecule has 3 rings (SSSR count). The van der Waals surface area contributed by atoms with E-state index in [4.69, 9.17) is 18.9 Å². The summed E-state index contributed by atoms with van der Waals surface area (Å²) >= 11 is 0. The van der Waals surface area contributed by atoms with Crippen LogP contribution in [0.3, 0.4) is 0 Å². The minimum atomic E-state index is -1.38. The molecule has 41 heavy (non-hydrogen) atoms. The van der Waals surface area contributed by atoms with Gasteiger partial charge in [-0.05, 0) is 70.0 Å². The van der Waals surface area contributed by atoms with Gasteiger partial charge in [-0.1, -0.05) is 60.7 Å². The normalized spacial score (nSPS) is 12.7. The Bertz CT molecular complexity index is 1250. The van der Waals surface area contributed by atoms with Crippen molar-refractivity contribution in [2.75, 3.05) is 25.2 Å². The minimum Gasteiger partial charge on any atom is -0.497 e. The summed E-state index contributed by atoms with van der Waals surface area (Å²) in [6.07, 6.45) is -0.649. The first-order valence-corrected chi connectivity index (χ1v) is 13.7. The van der Waals surface area contributed by atoms with E-state index in [0.717, 1.165) is 0 Å². The van der Waals surface area contributed by atoms with Crippen LogP contribution in [0.4, 0.5) is 10.5 Å². The van der Waals surface area contributed by atoms with Crippen LogP contribution in [-0.4, -0.2) is 44.0 Å². The fourth-order valence-corrected chi connectivity index (χ4v) is 4.69. The fourth-order valence-electron chi connectivity index (χ4n) is 4.69. The maximum Gasteiger partial charge on any atom is 0.415 e. The average molecular weight is 562 g/mol. The molecule has 1 amide bonds. The van der Waals surface area contributed by atoms with Gasteiger partial charge < -0.3 is 18.9 Å². The van der Waals surface area contributed by atoms with Crippen molar-refractivity contribution in [2.45, 2.75) is 52.2 Å². The molecule has 218 valence electrons. The third-order valence-corrected chi connectivity index (χ3v) is 6.32. The molecule has 0 radical (unpaired) electrons. The number of benzene rings is 3. The lowest BCUT2D eigenvalue weighted by atomic mass is 9.76. The molecule has 8 heteroatoms. The van der Waals surface area contributed by atoms with E-state index >= 15 is 0 Å². The number of amides is 1. The number of rotatable bonds is 11. The third-order valence-electron chi connectivity index (χ3n) is 6.32. The topological polar surface area (TPSA) is 91.4 Å². The molecular formula is C33H39NO7. The van der Waals surface area contributed by atoms with Crippen molar-refractivity contribution in [1.29, 1.82) is 0 Å². The first kappa shape index (κ1) is 31.2. The lowest BCUT2D eigenvalue weighted by molar-refractivity contribution is -0.163. The van der Waals surface area contributed by atoms with Crippen LogP contribution in [0.25, 0.3) is 0 Å². The van der Waals surface area contributed by atoms with Crippen molar-refractivity contribution in [3.63, 3.8) is 0 Å². The van der Waals surface area contributed by atoms with Crippen molar-refractivity contribution in [1.82, 2.24) is 0 Å². The number of nitrogens with zero attached hydrogens (tertiary/aromatic N) is 1. The summed E-state index contributed by atoms with van der Waals surface area (Å²) in [5.41, 5.74) is 0.991. The van der Waals surface area contributed by atoms with E-state index in [1.54, 1.807) is 66.0 Å². The van der Waals surface area contributed by atoms with Crippen LogP contribution < -0.4 is 9.64 Å². The third kappa shape index (κ3) is 8.10. The van der Waals surface area contributed by atoms with Crippen LogP contribution in [0.5, 0.6) is 5.75 Å². The van der Waals surface area contributed by atoms with Gasteiger partial charge in [-0.25, -0.2) is 4.79 Å². The fraction of sp³-hybridized carbons (Fsp3) is 0.364. The van der Waals surface area contributed by atoms with Gasteiger partial charge in [0.1, 0.15) is 11.4 Å². The van der Waals surface area contributed by atoms with Crippen LogP contribution in [0.15, 0.2) is 84.9 Å². The Morgan fingerprint density at radius 1 is 0.732 bits per heavy atom. The van der Waals surface area contributed by atoms with E-state index in [0.29, 0.717) is 22.6 Å². The van der Waals surface area contributed by atoms with E-state index in [1.807, 2.05) is 60.7 Å². The standard InChI is InChI=1S/C33H39NO7/c1-7-39-30(35)28(31(36)40-8-2)27(23-15-11-9-12-16-23)29(24-17-13-10-14-18-24)34(32(37)41-33(3,4)5)25-19-21-26(38-6)22-20-25/h9-22,27-29H,7-8H2,1-6H3/t27-,29+/m0/s1. The van der Waals surface area contributed by atoms with Gasteiger partial charge in [0.25, 0.3) is 0 Å². The van der Waals surface area contributed by atoms with Crippen molar-refractivity contribution < 1.29 is 33.3 Å². The molecule has 0 N–H and O–H groups in total. The van der Waals surface area contributed by atoms with E-state index in [-0.39, 0.29) is 13.2 Å². The van der Waals surface area contributed by atoms with Crippen molar-refractivity contribution in [2.24, 2.45) is 5.92 Å². The minimum absolute atomic E-state index is 0.0700. The van der Waals surface area contributed by atoms with Crippen LogP contribution >= 0.6 is 0 Å². The molecule has 0 aromatic heterocycles. The highest BCUT2D eigenvalue weighted by Gasteiger charge is 2.47. The summed E-state index contributed by atoms with van der Waals surface area (Å²) in [6, 6.07) is 24.5. The highest BCUT2D eigenvalue weighted by atomic mass is 16.6.